The number of anilines is 2. The standard InChI is InChI=1S/C8H14N4O2/c9-7-5-10-6-8(12-7)11-1-3-14-4-2-13/h5-6,13H,1-4H2,(H3,9,11,12). The first kappa shape index (κ1) is 10.7. The van der Waals surface area contributed by atoms with E-state index in [1.165, 1.54) is 6.20 Å². The van der Waals surface area contributed by atoms with Crippen molar-refractivity contribution in [1.82, 2.24) is 9.97 Å². The molecule has 1 rings (SSSR count). The number of nitrogens with one attached hydrogen (secondary N) is 1. The molecule has 4 N–H and O–H groups in total. The monoisotopic (exact) mass is 198 g/mol. The lowest BCUT2D eigenvalue weighted by atomic mass is 10.6. The van der Waals surface area contributed by atoms with E-state index in [4.69, 9.17) is 15.6 Å². The average Bonchev–Trinajstić information content (AvgIpc) is 2.18. The summed E-state index contributed by atoms with van der Waals surface area (Å²) < 4.78 is 5.04. The van der Waals surface area contributed by atoms with Crippen molar-refractivity contribution in [2.45, 2.75) is 0 Å². The van der Waals surface area contributed by atoms with Crippen molar-refractivity contribution in [3.63, 3.8) is 0 Å². The Morgan fingerprint density at radius 2 is 2.29 bits per heavy atom. The molecule has 0 spiro atoms. The van der Waals surface area contributed by atoms with Gasteiger partial charge in [-0.05, 0) is 0 Å². The van der Waals surface area contributed by atoms with Gasteiger partial charge in [0.1, 0.15) is 11.6 Å². The first-order valence-electron chi connectivity index (χ1n) is 4.33. The fraction of sp³-hybridized carbons (Fsp3) is 0.500. The Labute approximate surface area is 82.1 Å². The van der Waals surface area contributed by atoms with Crippen LogP contribution in [0.1, 0.15) is 0 Å². The quantitative estimate of drug-likeness (QED) is 0.532. The maximum atomic E-state index is 8.43. The number of ether oxygens (including phenoxy) is 1. The Morgan fingerprint density at radius 1 is 1.43 bits per heavy atom. The van der Waals surface area contributed by atoms with E-state index in [0.29, 0.717) is 31.4 Å². The van der Waals surface area contributed by atoms with E-state index >= 15 is 0 Å². The van der Waals surface area contributed by atoms with Gasteiger partial charge >= 0.3 is 0 Å². The molecule has 0 saturated heterocycles. The molecule has 0 bridgehead atoms. The second kappa shape index (κ2) is 6.11. The summed E-state index contributed by atoms with van der Waals surface area (Å²) in [5.41, 5.74) is 5.43. The van der Waals surface area contributed by atoms with Gasteiger partial charge in [0, 0.05) is 6.54 Å². The van der Waals surface area contributed by atoms with Crippen LogP contribution in [0.2, 0.25) is 0 Å². The highest BCUT2D eigenvalue weighted by molar-refractivity contribution is 5.38. The Kier molecular flexibility index (Phi) is 4.66. The minimum atomic E-state index is 0.0398. The Bertz CT molecular complexity index is 269. The van der Waals surface area contributed by atoms with Crippen LogP contribution < -0.4 is 11.1 Å². The molecule has 78 valence electrons. The van der Waals surface area contributed by atoms with Crippen molar-refractivity contribution in [2.75, 3.05) is 37.4 Å². The molecule has 6 heteroatoms. The van der Waals surface area contributed by atoms with Gasteiger partial charge < -0.3 is 20.9 Å². The second-order valence-electron chi connectivity index (χ2n) is 2.59. The van der Waals surface area contributed by atoms with E-state index in [-0.39, 0.29) is 6.61 Å². The van der Waals surface area contributed by atoms with Gasteiger partial charge in [-0.2, -0.15) is 0 Å². The number of nitrogens with two attached hydrogens (primary N) is 1. The van der Waals surface area contributed by atoms with Crippen molar-refractivity contribution in [2.24, 2.45) is 0 Å². The van der Waals surface area contributed by atoms with Crippen molar-refractivity contribution in [1.29, 1.82) is 0 Å². The third kappa shape index (κ3) is 4.01. The van der Waals surface area contributed by atoms with E-state index in [1.807, 2.05) is 0 Å². The molecular formula is C8H14N4O2. The molecule has 1 aromatic heterocycles. The number of aliphatic hydroxyl groups is 1. The number of nitrogens with zero attached hydrogens (tertiary/aromatic N) is 2. The maximum Gasteiger partial charge on any atom is 0.147 e. The van der Waals surface area contributed by atoms with Crippen LogP contribution in [0.3, 0.4) is 0 Å². The molecule has 0 aliphatic heterocycles. The third-order valence-corrected chi connectivity index (χ3v) is 1.44. The van der Waals surface area contributed by atoms with Crippen LogP contribution >= 0.6 is 0 Å². The van der Waals surface area contributed by atoms with Crippen molar-refractivity contribution in [3.05, 3.63) is 12.4 Å². The fourth-order valence-corrected chi connectivity index (χ4v) is 0.884. The smallest absolute Gasteiger partial charge is 0.147 e. The first-order chi connectivity index (χ1) is 6.83. The van der Waals surface area contributed by atoms with Crippen LogP contribution in [0.4, 0.5) is 11.6 Å². The van der Waals surface area contributed by atoms with Crippen LogP contribution in [0.5, 0.6) is 0 Å². The molecule has 0 unspecified atom stereocenters. The topological polar surface area (TPSA) is 93.3 Å². The largest absolute Gasteiger partial charge is 0.394 e. The summed E-state index contributed by atoms with van der Waals surface area (Å²) in [4.78, 5) is 7.86. The summed E-state index contributed by atoms with van der Waals surface area (Å²) >= 11 is 0. The summed E-state index contributed by atoms with van der Waals surface area (Å²) in [5, 5.41) is 11.4. The van der Waals surface area contributed by atoms with E-state index in [2.05, 4.69) is 15.3 Å². The summed E-state index contributed by atoms with van der Waals surface area (Å²) in [5.74, 6) is 1.00. The van der Waals surface area contributed by atoms with Crippen LogP contribution in [0.25, 0.3) is 0 Å². The molecule has 0 amide bonds. The van der Waals surface area contributed by atoms with Gasteiger partial charge in [-0.3, -0.25) is 4.98 Å². The summed E-state index contributed by atoms with van der Waals surface area (Å²) in [7, 11) is 0. The zero-order chi connectivity index (χ0) is 10.2. The zero-order valence-electron chi connectivity index (χ0n) is 7.81. The van der Waals surface area contributed by atoms with E-state index < -0.39 is 0 Å². The van der Waals surface area contributed by atoms with Crippen LogP contribution in [-0.4, -0.2) is 41.4 Å². The van der Waals surface area contributed by atoms with Crippen LogP contribution in [-0.2, 0) is 4.74 Å². The third-order valence-electron chi connectivity index (χ3n) is 1.44. The fourth-order valence-electron chi connectivity index (χ4n) is 0.884. The first-order valence-corrected chi connectivity index (χ1v) is 4.33. The molecule has 0 aliphatic carbocycles. The molecule has 0 aliphatic rings. The van der Waals surface area contributed by atoms with E-state index in [0.717, 1.165) is 0 Å². The lowest BCUT2D eigenvalue weighted by molar-refractivity contribution is 0.0992. The average molecular weight is 198 g/mol. The van der Waals surface area contributed by atoms with Gasteiger partial charge in [0.2, 0.25) is 0 Å². The minimum Gasteiger partial charge on any atom is -0.394 e. The zero-order valence-corrected chi connectivity index (χ0v) is 7.81. The van der Waals surface area contributed by atoms with E-state index in [1.54, 1.807) is 6.20 Å². The van der Waals surface area contributed by atoms with Gasteiger partial charge in [-0.25, -0.2) is 4.98 Å². The molecule has 0 atom stereocenters. The predicted octanol–water partition coefficient (Wildman–Crippen LogP) is -0.520. The molecule has 0 aromatic carbocycles. The highest BCUT2D eigenvalue weighted by atomic mass is 16.5. The Hall–Kier alpha value is -1.40. The van der Waals surface area contributed by atoms with Gasteiger partial charge in [-0.1, -0.05) is 0 Å². The predicted molar refractivity (Wildman–Crippen MR) is 52.8 cm³/mol. The lowest BCUT2D eigenvalue weighted by Crippen LogP contribution is -2.12. The summed E-state index contributed by atoms with van der Waals surface area (Å²) in [6, 6.07) is 0. The normalized spacial score (nSPS) is 10.1. The maximum absolute atomic E-state index is 8.43. The minimum absolute atomic E-state index is 0.0398. The van der Waals surface area contributed by atoms with Crippen molar-refractivity contribution >= 4 is 11.6 Å². The molecule has 14 heavy (non-hydrogen) atoms. The number of rotatable bonds is 6. The molecule has 6 nitrogen and oxygen atoms in total. The molecular weight excluding hydrogens is 184 g/mol. The SMILES string of the molecule is Nc1cncc(NCCOCCO)n1. The number of nitrogen functional groups attached to an aromatic ring is 1. The molecule has 0 saturated carbocycles. The van der Waals surface area contributed by atoms with Crippen molar-refractivity contribution < 1.29 is 9.84 Å². The van der Waals surface area contributed by atoms with Gasteiger partial charge in [0.15, 0.2) is 0 Å². The highest BCUT2D eigenvalue weighted by Crippen LogP contribution is 2.01. The molecule has 0 fully saturated rings. The van der Waals surface area contributed by atoms with Crippen molar-refractivity contribution in [3.8, 4) is 0 Å². The number of hydrogen-bond donors (Lipinski definition) is 3. The molecule has 0 radical (unpaired) electrons. The summed E-state index contributed by atoms with van der Waals surface area (Å²) in [6.07, 6.45) is 3.07. The van der Waals surface area contributed by atoms with E-state index in [9.17, 15) is 0 Å². The second-order valence-corrected chi connectivity index (χ2v) is 2.59. The molecule has 1 heterocycles. The van der Waals surface area contributed by atoms with Crippen LogP contribution in [0, 0.1) is 0 Å². The van der Waals surface area contributed by atoms with Gasteiger partial charge in [0.05, 0.1) is 32.2 Å². The van der Waals surface area contributed by atoms with Gasteiger partial charge in [0.25, 0.3) is 0 Å². The Balaban J connectivity index is 2.18. The lowest BCUT2D eigenvalue weighted by Gasteiger charge is -2.05. The van der Waals surface area contributed by atoms with Gasteiger partial charge in [-0.15, -0.1) is 0 Å². The molecule has 1 aromatic rings. The van der Waals surface area contributed by atoms with Crippen LogP contribution in [0.15, 0.2) is 12.4 Å². The number of aromatic nitrogens is 2. The number of hydrogen-bond acceptors (Lipinski definition) is 6. The summed E-state index contributed by atoms with van der Waals surface area (Å²) in [6.45, 7) is 1.51. The Morgan fingerprint density at radius 3 is 3.00 bits per heavy atom. The highest BCUT2D eigenvalue weighted by Gasteiger charge is 1.94. The number of aliphatic hydroxyl groups excluding tert-OH is 1.